The van der Waals surface area contributed by atoms with Crippen molar-refractivity contribution in [3.05, 3.63) is 35.4 Å². The van der Waals surface area contributed by atoms with Gasteiger partial charge < -0.3 is 9.84 Å². The van der Waals surface area contributed by atoms with E-state index in [9.17, 15) is 5.11 Å². The van der Waals surface area contributed by atoms with Gasteiger partial charge in [0.2, 0.25) is 0 Å². The SMILES string of the molecule is CCc1ccccc1C(O)OC. The number of rotatable bonds is 3. The van der Waals surface area contributed by atoms with E-state index in [0.29, 0.717) is 0 Å². The Labute approximate surface area is 72.8 Å². The molecule has 0 heterocycles. The van der Waals surface area contributed by atoms with Gasteiger partial charge in [-0.3, -0.25) is 0 Å². The van der Waals surface area contributed by atoms with Crippen LogP contribution in [0.2, 0.25) is 0 Å². The van der Waals surface area contributed by atoms with Crippen LogP contribution in [0, 0.1) is 0 Å². The molecule has 0 saturated heterocycles. The molecular formula is C10H14O2. The van der Waals surface area contributed by atoms with Gasteiger partial charge in [0.15, 0.2) is 6.29 Å². The molecule has 1 aromatic rings. The van der Waals surface area contributed by atoms with Crippen molar-refractivity contribution in [2.75, 3.05) is 7.11 Å². The van der Waals surface area contributed by atoms with Crippen molar-refractivity contribution in [2.45, 2.75) is 19.6 Å². The number of benzene rings is 1. The second-order valence-electron chi connectivity index (χ2n) is 2.64. The molecule has 12 heavy (non-hydrogen) atoms. The fourth-order valence-corrected chi connectivity index (χ4v) is 1.22. The summed E-state index contributed by atoms with van der Waals surface area (Å²) in [5.74, 6) is 0. The maximum Gasteiger partial charge on any atom is 0.181 e. The molecule has 2 nitrogen and oxygen atoms in total. The summed E-state index contributed by atoms with van der Waals surface area (Å²) < 4.78 is 4.83. The minimum atomic E-state index is -0.791. The summed E-state index contributed by atoms with van der Waals surface area (Å²) in [7, 11) is 1.50. The molecule has 66 valence electrons. The first-order chi connectivity index (χ1) is 5.79. The maximum absolute atomic E-state index is 9.42. The number of methoxy groups -OCH3 is 1. The van der Waals surface area contributed by atoms with Gasteiger partial charge in [0.05, 0.1) is 0 Å². The van der Waals surface area contributed by atoms with Crippen LogP contribution in [0.25, 0.3) is 0 Å². The summed E-state index contributed by atoms with van der Waals surface area (Å²) >= 11 is 0. The maximum atomic E-state index is 9.42. The standard InChI is InChI=1S/C10H14O2/c1-3-8-6-4-5-7-9(8)10(11)12-2/h4-7,10-11H,3H2,1-2H3. The van der Waals surface area contributed by atoms with Crippen LogP contribution >= 0.6 is 0 Å². The van der Waals surface area contributed by atoms with Crippen LogP contribution in [-0.4, -0.2) is 12.2 Å². The van der Waals surface area contributed by atoms with Crippen molar-refractivity contribution in [3.8, 4) is 0 Å². The number of aliphatic hydroxyl groups is 1. The summed E-state index contributed by atoms with van der Waals surface area (Å²) in [5.41, 5.74) is 1.99. The van der Waals surface area contributed by atoms with Crippen LogP contribution < -0.4 is 0 Å². The zero-order chi connectivity index (χ0) is 8.97. The topological polar surface area (TPSA) is 29.5 Å². The second kappa shape index (κ2) is 4.24. The van der Waals surface area contributed by atoms with E-state index in [4.69, 9.17) is 4.74 Å². The fraction of sp³-hybridized carbons (Fsp3) is 0.400. The molecule has 1 aromatic carbocycles. The van der Waals surface area contributed by atoms with Gasteiger partial charge >= 0.3 is 0 Å². The first-order valence-corrected chi connectivity index (χ1v) is 4.08. The van der Waals surface area contributed by atoms with Crippen molar-refractivity contribution >= 4 is 0 Å². The van der Waals surface area contributed by atoms with E-state index in [2.05, 4.69) is 6.92 Å². The summed E-state index contributed by atoms with van der Waals surface area (Å²) in [4.78, 5) is 0. The Hall–Kier alpha value is -0.860. The summed E-state index contributed by atoms with van der Waals surface area (Å²) in [6.07, 6.45) is 0.123. The van der Waals surface area contributed by atoms with E-state index in [1.807, 2.05) is 24.3 Å². The first-order valence-electron chi connectivity index (χ1n) is 4.08. The Morgan fingerprint density at radius 2 is 2.08 bits per heavy atom. The normalized spacial score (nSPS) is 12.9. The zero-order valence-corrected chi connectivity index (χ0v) is 7.45. The van der Waals surface area contributed by atoms with Gasteiger partial charge in [-0.15, -0.1) is 0 Å². The van der Waals surface area contributed by atoms with Crippen molar-refractivity contribution in [3.63, 3.8) is 0 Å². The van der Waals surface area contributed by atoms with E-state index < -0.39 is 6.29 Å². The van der Waals surface area contributed by atoms with Crippen LogP contribution in [0.4, 0.5) is 0 Å². The number of hydrogen-bond donors (Lipinski definition) is 1. The largest absolute Gasteiger partial charge is 0.364 e. The summed E-state index contributed by atoms with van der Waals surface area (Å²) in [6.45, 7) is 2.06. The van der Waals surface area contributed by atoms with Gasteiger partial charge in [-0.25, -0.2) is 0 Å². The van der Waals surface area contributed by atoms with E-state index in [1.165, 1.54) is 7.11 Å². The fourth-order valence-electron chi connectivity index (χ4n) is 1.22. The van der Waals surface area contributed by atoms with Crippen LogP contribution in [-0.2, 0) is 11.2 Å². The van der Waals surface area contributed by atoms with Gasteiger partial charge in [0.1, 0.15) is 0 Å². The quantitative estimate of drug-likeness (QED) is 0.695. The summed E-state index contributed by atoms with van der Waals surface area (Å²) in [5, 5.41) is 9.42. The Kier molecular flexibility index (Phi) is 3.26. The Bertz CT molecular complexity index is 245. The lowest BCUT2D eigenvalue weighted by molar-refractivity contribution is -0.0774. The average molecular weight is 166 g/mol. The first kappa shape index (κ1) is 9.23. The van der Waals surface area contributed by atoms with Gasteiger partial charge in [0.25, 0.3) is 0 Å². The third-order valence-electron chi connectivity index (χ3n) is 1.93. The molecule has 0 aliphatic carbocycles. The minimum Gasteiger partial charge on any atom is -0.364 e. The molecule has 2 heteroatoms. The van der Waals surface area contributed by atoms with E-state index in [1.54, 1.807) is 0 Å². The lowest BCUT2D eigenvalue weighted by Gasteiger charge is -2.12. The van der Waals surface area contributed by atoms with Gasteiger partial charge in [-0.05, 0) is 12.0 Å². The van der Waals surface area contributed by atoms with Crippen molar-refractivity contribution < 1.29 is 9.84 Å². The predicted molar refractivity (Wildman–Crippen MR) is 47.8 cm³/mol. The number of aliphatic hydroxyl groups excluding tert-OH is 1. The highest BCUT2D eigenvalue weighted by atomic mass is 16.6. The lowest BCUT2D eigenvalue weighted by Crippen LogP contribution is -2.02. The van der Waals surface area contributed by atoms with Gasteiger partial charge in [0, 0.05) is 12.7 Å². The van der Waals surface area contributed by atoms with Gasteiger partial charge in [-0.1, -0.05) is 31.2 Å². The Morgan fingerprint density at radius 3 is 2.67 bits per heavy atom. The molecule has 0 radical (unpaired) electrons. The molecule has 0 fully saturated rings. The minimum absolute atomic E-state index is 0.791. The molecule has 0 spiro atoms. The third-order valence-corrected chi connectivity index (χ3v) is 1.93. The summed E-state index contributed by atoms with van der Waals surface area (Å²) in [6, 6.07) is 7.74. The predicted octanol–water partition coefficient (Wildman–Crippen LogP) is 1.89. The van der Waals surface area contributed by atoms with Crippen LogP contribution in [0.3, 0.4) is 0 Å². The van der Waals surface area contributed by atoms with Crippen LogP contribution in [0.5, 0.6) is 0 Å². The van der Waals surface area contributed by atoms with Crippen molar-refractivity contribution in [1.82, 2.24) is 0 Å². The molecule has 1 atom stereocenters. The highest BCUT2D eigenvalue weighted by Crippen LogP contribution is 2.18. The van der Waals surface area contributed by atoms with Crippen molar-refractivity contribution in [1.29, 1.82) is 0 Å². The number of ether oxygens (including phenoxy) is 1. The number of aryl methyl sites for hydroxylation is 1. The van der Waals surface area contributed by atoms with E-state index >= 15 is 0 Å². The monoisotopic (exact) mass is 166 g/mol. The van der Waals surface area contributed by atoms with Crippen LogP contribution in [0.15, 0.2) is 24.3 Å². The highest BCUT2D eigenvalue weighted by Gasteiger charge is 2.08. The molecule has 0 saturated carbocycles. The molecule has 0 aliphatic heterocycles. The smallest absolute Gasteiger partial charge is 0.181 e. The molecule has 0 aliphatic rings. The van der Waals surface area contributed by atoms with E-state index in [0.717, 1.165) is 17.5 Å². The average Bonchev–Trinajstić information content (AvgIpc) is 2.16. The van der Waals surface area contributed by atoms with Crippen LogP contribution in [0.1, 0.15) is 24.3 Å². The lowest BCUT2D eigenvalue weighted by atomic mass is 10.1. The Balaban J connectivity index is 2.96. The molecular weight excluding hydrogens is 152 g/mol. The second-order valence-corrected chi connectivity index (χ2v) is 2.64. The third kappa shape index (κ3) is 1.84. The zero-order valence-electron chi connectivity index (χ0n) is 7.45. The van der Waals surface area contributed by atoms with Gasteiger partial charge in [-0.2, -0.15) is 0 Å². The van der Waals surface area contributed by atoms with E-state index in [-0.39, 0.29) is 0 Å². The molecule has 0 amide bonds. The molecule has 1 unspecified atom stereocenters. The molecule has 1 N–H and O–H groups in total. The van der Waals surface area contributed by atoms with Crippen molar-refractivity contribution in [2.24, 2.45) is 0 Å². The Morgan fingerprint density at radius 1 is 1.42 bits per heavy atom. The highest BCUT2D eigenvalue weighted by molar-refractivity contribution is 5.27. The molecule has 0 aromatic heterocycles. The molecule has 0 bridgehead atoms. The molecule has 1 rings (SSSR count). The number of hydrogen-bond acceptors (Lipinski definition) is 2.